The molecule has 0 saturated heterocycles. The number of aromatic nitrogens is 3. The van der Waals surface area contributed by atoms with E-state index in [2.05, 4.69) is 51.8 Å². The van der Waals surface area contributed by atoms with Gasteiger partial charge in [-0.05, 0) is 91.8 Å². The van der Waals surface area contributed by atoms with Crippen LogP contribution in [0.3, 0.4) is 0 Å². The molecule has 6 rings (SSSR count). The van der Waals surface area contributed by atoms with E-state index in [0.29, 0.717) is 30.6 Å². The number of nitrogens with zero attached hydrogens (tertiary/aromatic N) is 7. The lowest BCUT2D eigenvalue weighted by atomic mass is 9.93. The van der Waals surface area contributed by atoms with E-state index in [-0.39, 0.29) is 12.0 Å². The molecule has 1 aliphatic carbocycles. The van der Waals surface area contributed by atoms with Gasteiger partial charge in [-0.1, -0.05) is 36.9 Å². The minimum Gasteiger partial charge on any atom is -0.393 e. The Morgan fingerprint density at radius 2 is 1.90 bits per heavy atom. The van der Waals surface area contributed by atoms with Gasteiger partial charge in [0.2, 0.25) is 0 Å². The van der Waals surface area contributed by atoms with Crippen molar-refractivity contribution in [2.75, 3.05) is 6.54 Å². The fraction of sp³-hybridized carbons (Fsp3) is 0.394. The highest BCUT2D eigenvalue weighted by Crippen LogP contribution is 2.40. The first-order valence-electron chi connectivity index (χ1n) is 14.7. The molecule has 214 valence electrons. The van der Waals surface area contributed by atoms with Gasteiger partial charge in [-0.2, -0.15) is 5.26 Å². The summed E-state index contributed by atoms with van der Waals surface area (Å²) in [7, 11) is 0. The number of imidazole rings is 1. The van der Waals surface area contributed by atoms with E-state index in [1.807, 2.05) is 37.7 Å². The molecule has 4 heterocycles. The molecule has 42 heavy (non-hydrogen) atoms. The van der Waals surface area contributed by atoms with Gasteiger partial charge in [0.25, 0.3) is 0 Å². The van der Waals surface area contributed by atoms with Crippen LogP contribution < -0.4 is 0 Å². The van der Waals surface area contributed by atoms with E-state index in [1.54, 1.807) is 11.8 Å². The monoisotopic (exact) mass is 577 g/mol. The molecule has 2 unspecified atom stereocenters. The zero-order valence-corrected chi connectivity index (χ0v) is 24.9. The van der Waals surface area contributed by atoms with E-state index < -0.39 is 0 Å². The minimum atomic E-state index is -0.234. The van der Waals surface area contributed by atoms with Crippen molar-refractivity contribution >= 4 is 45.9 Å². The summed E-state index contributed by atoms with van der Waals surface area (Å²) in [5, 5.41) is 20.4. The van der Waals surface area contributed by atoms with Crippen molar-refractivity contribution < 1.29 is 5.11 Å². The fourth-order valence-electron chi connectivity index (χ4n) is 5.65. The molecule has 1 fully saturated rings. The van der Waals surface area contributed by atoms with E-state index in [0.717, 1.165) is 71.8 Å². The average molecular weight is 578 g/mol. The fourth-order valence-corrected chi connectivity index (χ4v) is 6.84. The third-order valence-corrected chi connectivity index (χ3v) is 9.26. The molecule has 2 atom stereocenters. The highest BCUT2D eigenvalue weighted by atomic mass is 32.2. The van der Waals surface area contributed by atoms with Gasteiger partial charge >= 0.3 is 0 Å². The highest BCUT2D eigenvalue weighted by Gasteiger charge is 2.21. The quantitative estimate of drug-likeness (QED) is 0.352. The summed E-state index contributed by atoms with van der Waals surface area (Å²) in [5.74, 6) is 2.50. The van der Waals surface area contributed by atoms with Crippen LogP contribution >= 0.6 is 11.8 Å². The molecular weight excluding hydrogens is 542 g/mol. The number of benzene rings is 1. The molecule has 1 saturated carbocycles. The molecule has 0 amide bonds. The SMILES string of the molecule is Cc1nccn1Cc1cc(N=C2CCC(O)CC2)nc(N=C2CCC(C)c3ccc(C4=CC(C#N)CN=C4)cc3S2)c1. The zero-order chi connectivity index (χ0) is 29.1. The van der Waals surface area contributed by atoms with Crippen molar-refractivity contribution in [1.29, 1.82) is 5.26 Å². The number of hydrogen-bond acceptors (Lipinski definition) is 8. The normalized spacial score (nSPS) is 23.2. The molecule has 0 spiro atoms. The van der Waals surface area contributed by atoms with Crippen LogP contribution in [0.2, 0.25) is 0 Å². The molecule has 2 aliphatic heterocycles. The summed E-state index contributed by atoms with van der Waals surface area (Å²) < 4.78 is 2.11. The number of dihydropyridines is 1. The zero-order valence-electron chi connectivity index (χ0n) is 24.1. The maximum Gasteiger partial charge on any atom is 0.155 e. The molecule has 8 nitrogen and oxygen atoms in total. The number of pyridine rings is 1. The molecule has 1 N–H and O–H groups in total. The second kappa shape index (κ2) is 12.6. The van der Waals surface area contributed by atoms with Crippen LogP contribution in [0.1, 0.15) is 73.9 Å². The molecule has 9 heteroatoms. The molecule has 3 aromatic rings. The number of rotatable bonds is 5. The molecule has 3 aliphatic rings. The summed E-state index contributed by atoms with van der Waals surface area (Å²) in [5.41, 5.74) is 5.55. The second-order valence-corrected chi connectivity index (χ2v) is 12.5. The number of aliphatic hydroxyl groups is 1. The Labute approximate surface area is 251 Å². The largest absolute Gasteiger partial charge is 0.393 e. The van der Waals surface area contributed by atoms with Crippen molar-refractivity contribution in [3.63, 3.8) is 0 Å². The third-order valence-electron chi connectivity index (χ3n) is 8.15. The van der Waals surface area contributed by atoms with Crippen LogP contribution in [-0.4, -0.2) is 49.3 Å². The van der Waals surface area contributed by atoms with Gasteiger partial charge in [-0.25, -0.2) is 20.0 Å². The van der Waals surface area contributed by atoms with Crippen molar-refractivity contribution in [3.05, 3.63) is 71.3 Å². The number of aryl methyl sites for hydroxylation is 1. The standard InChI is InChI=1S/C33H35N7OS/c1-21-3-10-33(42-30-16-25(4-9-29(21)30)26-13-24(17-34)18-35-19-26)39-32-15-23(20-40-12-11-36-22(40)2)14-31(38-32)37-27-5-7-28(41)8-6-27/h4,9,11-16,19,21,24,28,41H,3,5-8,10,18,20H2,1-2H3. The van der Waals surface area contributed by atoms with Crippen LogP contribution in [0.5, 0.6) is 0 Å². The summed E-state index contributed by atoms with van der Waals surface area (Å²) >= 11 is 1.71. The first-order chi connectivity index (χ1) is 20.4. The van der Waals surface area contributed by atoms with Gasteiger partial charge in [0.05, 0.1) is 29.7 Å². The van der Waals surface area contributed by atoms with Crippen LogP contribution in [0, 0.1) is 24.2 Å². The van der Waals surface area contributed by atoms with Gasteiger partial charge in [-0.3, -0.25) is 4.99 Å². The maximum absolute atomic E-state index is 9.94. The number of fused-ring (bicyclic) bond motifs is 1. The number of aliphatic imine (C=N–C) groups is 3. The number of hydrogen-bond donors (Lipinski definition) is 1. The Balaban J connectivity index is 1.33. The van der Waals surface area contributed by atoms with E-state index in [4.69, 9.17) is 15.0 Å². The van der Waals surface area contributed by atoms with Crippen molar-refractivity contribution in [2.45, 2.75) is 75.8 Å². The van der Waals surface area contributed by atoms with Crippen molar-refractivity contribution in [2.24, 2.45) is 20.9 Å². The van der Waals surface area contributed by atoms with E-state index >= 15 is 0 Å². The summed E-state index contributed by atoms with van der Waals surface area (Å²) in [4.78, 5) is 24.9. The van der Waals surface area contributed by atoms with Gasteiger partial charge in [-0.15, -0.1) is 0 Å². The number of thioether (sulfide) groups is 1. The number of allylic oxidation sites excluding steroid dienone is 1. The predicted octanol–water partition coefficient (Wildman–Crippen LogP) is 6.97. The Morgan fingerprint density at radius 3 is 2.67 bits per heavy atom. The molecule has 1 aromatic carbocycles. The van der Waals surface area contributed by atoms with Crippen LogP contribution in [0.25, 0.3) is 5.57 Å². The molecule has 2 aromatic heterocycles. The third kappa shape index (κ3) is 6.61. The van der Waals surface area contributed by atoms with Gasteiger partial charge < -0.3 is 9.67 Å². The Hall–Kier alpha value is -3.87. The summed E-state index contributed by atoms with van der Waals surface area (Å²) in [6.07, 6.45) is 12.4. The smallest absolute Gasteiger partial charge is 0.155 e. The van der Waals surface area contributed by atoms with Crippen molar-refractivity contribution in [1.82, 2.24) is 14.5 Å². The molecule has 0 radical (unpaired) electrons. The molecule has 0 bridgehead atoms. The second-order valence-electron chi connectivity index (χ2n) is 11.4. The minimum absolute atomic E-state index is 0.187. The van der Waals surface area contributed by atoms with E-state index in [1.165, 1.54) is 10.5 Å². The Kier molecular flexibility index (Phi) is 8.45. The van der Waals surface area contributed by atoms with Gasteiger partial charge in [0.15, 0.2) is 11.6 Å². The van der Waals surface area contributed by atoms with Crippen molar-refractivity contribution in [3.8, 4) is 6.07 Å². The Morgan fingerprint density at radius 1 is 1.10 bits per heavy atom. The summed E-state index contributed by atoms with van der Waals surface area (Å²) in [6, 6.07) is 13.0. The maximum atomic E-state index is 9.94. The first-order valence-corrected chi connectivity index (χ1v) is 15.5. The Bertz CT molecular complexity index is 1630. The molecular formula is C33H35N7OS. The van der Waals surface area contributed by atoms with Gasteiger partial charge in [0, 0.05) is 35.8 Å². The predicted molar refractivity (Wildman–Crippen MR) is 169 cm³/mol. The highest BCUT2D eigenvalue weighted by molar-refractivity contribution is 8.14. The van der Waals surface area contributed by atoms with Crippen LogP contribution in [-0.2, 0) is 6.54 Å². The average Bonchev–Trinajstić information content (AvgIpc) is 3.33. The number of aliphatic hydroxyl groups excluding tert-OH is 1. The van der Waals surface area contributed by atoms with Crippen LogP contribution in [0.15, 0.2) is 68.7 Å². The van der Waals surface area contributed by atoms with E-state index in [9.17, 15) is 10.4 Å². The first kappa shape index (κ1) is 28.3. The summed E-state index contributed by atoms with van der Waals surface area (Å²) in [6.45, 7) is 5.47. The topological polar surface area (TPSA) is 112 Å². The lowest BCUT2D eigenvalue weighted by Gasteiger charge is -2.18. The lowest BCUT2D eigenvalue weighted by Crippen LogP contribution is -2.17. The van der Waals surface area contributed by atoms with Gasteiger partial charge in [0.1, 0.15) is 5.82 Å². The lowest BCUT2D eigenvalue weighted by molar-refractivity contribution is 0.152. The number of nitriles is 1. The van der Waals surface area contributed by atoms with Crippen LogP contribution in [0.4, 0.5) is 11.6 Å².